The fraction of sp³-hybridized carbons (Fsp3) is 0.667. The van der Waals surface area contributed by atoms with Crippen LogP contribution in [0.1, 0.15) is 32.6 Å². The van der Waals surface area contributed by atoms with Gasteiger partial charge in [-0.3, -0.25) is 4.79 Å². The largest absolute Gasteiger partial charge is 0.481 e. The van der Waals surface area contributed by atoms with Crippen LogP contribution in [0.3, 0.4) is 0 Å². The second-order valence-electron chi connectivity index (χ2n) is 4.78. The number of aliphatic carboxylic acids is 1. The molecule has 5 nitrogen and oxygen atoms in total. The quantitative estimate of drug-likeness (QED) is 0.616. The number of carboxylic acids is 1. The number of rotatable bonds is 6. The summed E-state index contributed by atoms with van der Waals surface area (Å²) in [5.41, 5.74) is -0.236. The van der Waals surface area contributed by atoms with E-state index < -0.39 is 5.97 Å². The molecule has 2 amide bonds. The van der Waals surface area contributed by atoms with Gasteiger partial charge >= 0.3 is 12.0 Å². The van der Waals surface area contributed by atoms with E-state index in [2.05, 4.69) is 17.2 Å². The first-order chi connectivity index (χ1) is 7.97. The van der Waals surface area contributed by atoms with Crippen molar-refractivity contribution in [2.24, 2.45) is 5.41 Å². The second kappa shape index (κ2) is 5.70. The topological polar surface area (TPSA) is 78.4 Å². The highest BCUT2D eigenvalue weighted by Crippen LogP contribution is 2.43. The fourth-order valence-corrected chi connectivity index (χ4v) is 2.00. The molecule has 1 fully saturated rings. The van der Waals surface area contributed by atoms with Crippen molar-refractivity contribution in [3.63, 3.8) is 0 Å². The standard InChI is InChI=1S/C12H20N2O3/c1-3-9(2)14-11(17)13-8-12(5-4-6-12)7-10(15)16/h3,9H,1,4-8H2,2H3,(H,15,16)(H2,13,14,17). The second-order valence-corrected chi connectivity index (χ2v) is 4.78. The molecule has 0 saturated heterocycles. The van der Waals surface area contributed by atoms with Gasteiger partial charge in [0, 0.05) is 12.6 Å². The fourth-order valence-electron chi connectivity index (χ4n) is 2.00. The maximum atomic E-state index is 11.5. The average Bonchev–Trinajstić information content (AvgIpc) is 2.21. The molecule has 0 heterocycles. The van der Waals surface area contributed by atoms with E-state index >= 15 is 0 Å². The van der Waals surface area contributed by atoms with Crippen LogP contribution in [0.15, 0.2) is 12.7 Å². The Labute approximate surface area is 101 Å². The maximum Gasteiger partial charge on any atom is 0.315 e. The van der Waals surface area contributed by atoms with Crippen LogP contribution in [-0.2, 0) is 4.79 Å². The third-order valence-corrected chi connectivity index (χ3v) is 3.28. The van der Waals surface area contributed by atoms with Crippen LogP contribution in [0.2, 0.25) is 0 Å². The van der Waals surface area contributed by atoms with Crippen molar-refractivity contribution in [1.82, 2.24) is 10.6 Å². The predicted octanol–water partition coefficient (Wildman–Crippen LogP) is 1.51. The van der Waals surface area contributed by atoms with E-state index in [1.807, 2.05) is 6.92 Å². The van der Waals surface area contributed by atoms with Crippen molar-refractivity contribution in [1.29, 1.82) is 0 Å². The van der Waals surface area contributed by atoms with Gasteiger partial charge in [-0.2, -0.15) is 0 Å². The van der Waals surface area contributed by atoms with Gasteiger partial charge in [0.05, 0.1) is 6.42 Å². The van der Waals surface area contributed by atoms with Crippen molar-refractivity contribution in [2.45, 2.75) is 38.6 Å². The summed E-state index contributed by atoms with van der Waals surface area (Å²) in [5, 5.41) is 14.2. The van der Waals surface area contributed by atoms with Crippen molar-refractivity contribution < 1.29 is 14.7 Å². The summed E-state index contributed by atoms with van der Waals surface area (Å²) in [4.78, 5) is 22.2. The van der Waals surface area contributed by atoms with Gasteiger partial charge in [0.25, 0.3) is 0 Å². The van der Waals surface area contributed by atoms with E-state index in [9.17, 15) is 9.59 Å². The normalized spacial score (nSPS) is 18.6. The number of hydrogen-bond donors (Lipinski definition) is 3. The molecular weight excluding hydrogens is 220 g/mol. The van der Waals surface area contributed by atoms with E-state index in [1.54, 1.807) is 6.08 Å². The smallest absolute Gasteiger partial charge is 0.315 e. The van der Waals surface area contributed by atoms with Crippen LogP contribution >= 0.6 is 0 Å². The molecular formula is C12H20N2O3. The first-order valence-corrected chi connectivity index (χ1v) is 5.86. The summed E-state index contributed by atoms with van der Waals surface area (Å²) in [6.45, 7) is 5.82. The highest BCUT2D eigenvalue weighted by Gasteiger charge is 2.39. The first kappa shape index (κ1) is 13.5. The lowest BCUT2D eigenvalue weighted by Gasteiger charge is -2.40. The molecule has 1 saturated carbocycles. The monoisotopic (exact) mass is 240 g/mol. The molecule has 0 spiro atoms. The molecule has 0 aliphatic heterocycles. The van der Waals surface area contributed by atoms with Crippen LogP contribution in [0.25, 0.3) is 0 Å². The number of urea groups is 1. The molecule has 1 aliphatic carbocycles. The number of nitrogens with one attached hydrogen (secondary N) is 2. The zero-order valence-corrected chi connectivity index (χ0v) is 10.2. The Morgan fingerprint density at radius 3 is 2.59 bits per heavy atom. The maximum absolute atomic E-state index is 11.5. The summed E-state index contributed by atoms with van der Waals surface area (Å²) >= 11 is 0. The predicted molar refractivity (Wildman–Crippen MR) is 64.7 cm³/mol. The van der Waals surface area contributed by atoms with Gasteiger partial charge in [0.15, 0.2) is 0 Å². The summed E-state index contributed by atoms with van der Waals surface area (Å²) in [5.74, 6) is -0.800. The van der Waals surface area contributed by atoms with Crippen molar-refractivity contribution in [3.8, 4) is 0 Å². The molecule has 1 rings (SSSR count). The molecule has 0 aromatic carbocycles. The molecule has 0 radical (unpaired) electrons. The Kier molecular flexibility index (Phi) is 4.54. The lowest BCUT2D eigenvalue weighted by molar-refractivity contribution is -0.141. The molecule has 3 N–H and O–H groups in total. The number of hydrogen-bond acceptors (Lipinski definition) is 2. The van der Waals surface area contributed by atoms with E-state index in [1.165, 1.54) is 0 Å². The first-order valence-electron chi connectivity index (χ1n) is 5.86. The molecule has 0 bridgehead atoms. The Bertz CT molecular complexity index is 311. The Balaban J connectivity index is 2.35. The Morgan fingerprint density at radius 2 is 2.18 bits per heavy atom. The number of carbonyl (C=O) groups excluding carboxylic acids is 1. The summed E-state index contributed by atoms with van der Waals surface area (Å²) in [6.07, 6.45) is 4.55. The minimum absolute atomic E-state index is 0.0909. The lowest BCUT2D eigenvalue weighted by atomic mass is 9.66. The van der Waals surface area contributed by atoms with Crippen LogP contribution < -0.4 is 10.6 Å². The van der Waals surface area contributed by atoms with Crippen LogP contribution in [0.5, 0.6) is 0 Å². The van der Waals surface area contributed by atoms with E-state index in [-0.39, 0.29) is 23.9 Å². The zero-order valence-electron chi connectivity index (χ0n) is 10.2. The zero-order chi connectivity index (χ0) is 12.9. The highest BCUT2D eigenvalue weighted by molar-refractivity contribution is 5.74. The summed E-state index contributed by atoms with van der Waals surface area (Å²) in [7, 11) is 0. The third-order valence-electron chi connectivity index (χ3n) is 3.28. The molecule has 1 aliphatic rings. The van der Waals surface area contributed by atoms with Crippen LogP contribution in [0, 0.1) is 5.41 Å². The summed E-state index contributed by atoms with van der Waals surface area (Å²) in [6, 6.07) is -0.360. The lowest BCUT2D eigenvalue weighted by Crippen LogP contribution is -2.48. The van der Waals surface area contributed by atoms with Crippen LogP contribution in [0.4, 0.5) is 4.79 Å². The van der Waals surface area contributed by atoms with Crippen LogP contribution in [-0.4, -0.2) is 29.7 Å². The van der Waals surface area contributed by atoms with Gasteiger partial charge in [0.2, 0.25) is 0 Å². The third kappa shape index (κ3) is 4.09. The van der Waals surface area contributed by atoms with Crippen molar-refractivity contribution in [3.05, 3.63) is 12.7 Å². The van der Waals surface area contributed by atoms with E-state index in [0.29, 0.717) is 6.54 Å². The van der Waals surface area contributed by atoms with Gasteiger partial charge in [0.1, 0.15) is 0 Å². The number of carbonyl (C=O) groups is 2. The molecule has 96 valence electrons. The minimum atomic E-state index is -0.800. The molecule has 1 unspecified atom stereocenters. The molecule has 5 heteroatoms. The van der Waals surface area contributed by atoms with Gasteiger partial charge in [-0.25, -0.2) is 4.79 Å². The SMILES string of the molecule is C=CC(C)NC(=O)NCC1(CC(=O)O)CCC1. The van der Waals surface area contributed by atoms with Gasteiger partial charge in [-0.05, 0) is 25.2 Å². The minimum Gasteiger partial charge on any atom is -0.481 e. The highest BCUT2D eigenvalue weighted by atomic mass is 16.4. The van der Waals surface area contributed by atoms with Gasteiger partial charge in [-0.15, -0.1) is 6.58 Å². The Morgan fingerprint density at radius 1 is 1.53 bits per heavy atom. The van der Waals surface area contributed by atoms with Gasteiger partial charge in [-0.1, -0.05) is 12.5 Å². The number of carboxylic acid groups (broad SMARTS) is 1. The van der Waals surface area contributed by atoms with Gasteiger partial charge < -0.3 is 15.7 Å². The van der Waals surface area contributed by atoms with E-state index in [4.69, 9.17) is 5.11 Å². The average molecular weight is 240 g/mol. The Hall–Kier alpha value is -1.52. The van der Waals surface area contributed by atoms with Crippen molar-refractivity contribution in [2.75, 3.05) is 6.54 Å². The molecule has 17 heavy (non-hydrogen) atoms. The molecule has 1 atom stereocenters. The molecule has 0 aromatic heterocycles. The summed E-state index contributed by atoms with van der Waals surface area (Å²) < 4.78 is 0. The number of amides is 2. The molecule has 0 aromatic rings. The van der Waals surface area contributed by atoms with E-state index in [0.717, 1.165) is 19.3 Å². The van der Waals surface area contributed by atoms with Crippen molar-refractivity contribution >= 4 is 12.0 Å².